The van der Waals surface area contributed by atoms with Crippen LogP contribution in [0, 0.1) is 0 Å². The van der Waals surface area contributed by atoms with Gasteiger partial charge in [0.2, 0.25) is 0 Å². The summed E-state index contributed by atoms with van der Waals surface area (Å²) in [4.78, 5) is 21.5. The molecule has 0 spiro atoms. The second-order valence-electron chi connectivity index (χ2n) is 27.5. The van der Waals surface area contributed by atoms with Crippen molar-refractivity contribution in [1.29, 1.82) is 0 Å². The molecule has 8 aromatic heterocycles. The van der Waals surface area contributed by atoms with Gasteiger partial charge in [-0.3, -0.25) is 19.9 Å². The standard InChI is InChI=1S/2C39H24N2S.C22H14N2/c1-2-11-27(12-3-1)41-33-16-7-6-14-29(33)32-24-26(19-21-34(32)41)36-30-20-18-25-10-4-5-13-28(25)37(30)39-31(15-8-22-40-39)38(36)35-17-9-23-42-35;1-2-11-27(12-3-1)41-33-16-7-6-14-29(33)32-24-26(19-21-34(32)41)36-30-20-18-25-10-4-5-13-28(25)37(30)31-15-8-22-40-39(31)38(36)35-17-9-23-42-35;1-2-8-18-15(5-1)9-10-19-20(17-7-3-11-23-14-17)13-16-6-4-12-24-22(16)21(18)19/h2*1-24H;1-14H. The maximum Gasteiger partial charge on any atom is 0.0801 e. The van der Waals surface area contributed by atoms with E-state index in [0.717, 1.165) is 27.5 Å². The van der Waals surface area contributed by atoms with E-state index in [4.69, 9.17) is 9.97 Å². The van der Waals surface area contributed by atoms with Crippen molar-refractivity contribution in [3.05, 3.63) is 375 Å². The minimum atomic E-state index is 1.05. The molecule has 0 atom stereocenters. The Kier molecular flexibility index (Phi) is 15.2. The molecule has 0 aliphatic heterocycles. The number of hydrogen-bond acceptors (Lipinski definition) is 6. The number of nitrogens with zero attached hydrogens (tertiary/aromatic N) is 6. The molecule has 0 bridgehead atoms. The van der Waals surface area contributed by atoms with Gasteiger partial charge in [-0.2, -0.15) is 0 Å². The maximum absolute atomic E-state index is 5.04. The highest BCUT2D eigenvalue weighted by molar-refractivity contribution is 7.14. The predicted octanol–water partition coefficient (Wildman–Crippen LogP) is 27.7. The number of benzene rings is 15. The SMILES string of the molecule is c1ccc(-n2c3ccccc3c3cc(-c4c(-c5cccs5)c5cccnc5c5c4ccc4ccccc45)ccc32)cc1.c1ccc(-n2c3ccccc3c3cc(-c4c(-c5cccs5)c5ncccc5c5c4ccc4ccccc45)ccc32)cc1.c1cncc(-c2cc3cccnc3c3c2ccc2ccccc23)c1. The van der Waals surface area contributed by atoms with Crippen molar-refractivity contribution in [2.24, 2.45) is 0 Å². The number of fused-ring (bicyclic) bond motifs is 21. The third-order valence-electron chi connectivity index (χ3n) is 21.6. The smallest absolute Gasteiger partial charge is 0.0801 e. The van der Waals surface area contributed by atoms with Crippen LogP contribution in [-0.4, -0.2) is 29.1 Å². The fraction of sp³-hybridized carbons (Fsp3) is 0. The van der Waals surface area contributed by atoms with E-state index < -0.39 is 0 Å². The van der Waals surface area contributed by atoms with Crippen molar-refractivity contribution in [2.75, 3.05) is 0 Å². The zero-order valence-electron chi connectivity index (χ0n) is 58.3. The Labute approximate surface area is 629 Å². The fourth-order valence-corrected chi connectivity index (χ4v) is 18.6. The number of aromatic nitrogens is 6. The van der Waals surface area contributed by atoms with Crippen molar-refractivity contribution in [3.63, 3.8) is 0 Å². The Morgan fingerprint density at radius 3 is 1.23 bits per heavy atom. The van der Waals surface area contributed by atoms with Crippen LogP contribution in [0.4, 0.5) is 0 Å². The summed E-state index contributed by atoms with van der Waals surface area (Å²) in [6.45, 7) is 0. The van der Waals surface area contributed by atoms with Gasteiger partial charge in [-0.05, 0) is 190 Å². The zero-order chi connectivity index (χ0) is 71.2. The molecule has 0 aliphatic rings. The van der Waals surface area contributed by atoms with Gasteiger partial charge in [0, 0.05) is 123 Å². The fourth-order valence-electron chi connectivity index (χ4n) is 17.0. The first-order valence-electron chi connectivity index (χ1n) is 36.4. The zero-order valence-corrected chi connectivity index (χ0v) is 59.9. The van der Waals surface area contributed by atoms with Crippen molar-refractivity contribution in [3.8, 4) is 65.6 Å². The third-order valence-corrected chi connectivity index (χ3v) is 23.4. The number of para-hydroxylation sites is 4. The Balaban J connectivity index is 0.000000108. The van der Waals surface area contributed by atoms with Crippen LogP contribution in [0.1, 0.15) is 0 Å². The van der Waals surface area contributed by atoms with Gasteiger partial charge in [0.1, 0.15) is 0 Å². The van der Waals surface area contributed by atoms with Crippen molar-refractivity contribution in [2.45, 2.75) is 0 Å². The van der Waals surface area contributed by atoms with Crippen molar-refractivity contribution < 1.29 is 0 Å². The Morgan fingerprint density at radius 1 is 0.231 bits per heavy atom. The molecule has 0 saturated carbocycles. The molecule has 504 valence electrons. The number of pyridine rings is 4. The Bertz CT molecular complexity index is 7110. The largest absolute Gasteiger partial charge is 0.309 e. The van der Waals surface area contributed by atoms with Crippen LogP contribution in [0.15, 0.2) is 375 Å². The van der Waals surface area contributed by atoms with Crippen LogP contribution < -0.4 is 0 Å². The summed E-state index contributed by atoms with van der Waals surface area (Å²) in [5, 5.41) is 27.7. The van der Waals surface area contributed by atoms with E-state index in [2.05, 4.69) is 351 Å². The Hall–Kier alpha value is -13.8. The average molecular weight is 1410 g/mol. The molecule has 8 heterocycles. The second-order valence-corrected chi connectivity index (χ2v) is 29.4. The molecule has 0 fully saturated rings. The second kappa shape index (κ2) is 26.1. The highest BCUT2D eigenvalue weighted by Gasteiger charge is 2.25. The minimum Gasteiger partial charge on any atom is -0.309 e. The molecule has 0 radical (unpaired) electrons. The van der Waals surface area contributed by atoms with Crippen LogP contribution >= 0.6 is 22.7 Å². The topological polar surface area (TPSA) is 61.4 Å². The van der Waals surface area contributed by atoms with Gasteiger partial charge < -0.3 is 9.13 Å². The molecule has 8 heteroatoms. The van der Waals surface area contributed by atoms with Gasteiger partial charge in [-0.25, -0.2) is 0 Å². The Morgan fingerprint density at radius 2 is 0.667 bits per heavy atom. The molecular weight excluding hydrogens is 1350 g/mol. The molecular formula is C100H62N6S2. The highest BCUT2D eigenvalue weighted by Crippen LogP contribution is 2.51. The molecule has 23 aromatic rings. The predicted molar refractivity (Wildman–Crippen MR) is 460 cm³/mol. The molecule has 0 saturated heterocycles. The van der Waals surface area contributed by atoms with E-state index >= 15 is 0 Å². The van der Waals surface area contributed by atoms with E-state index in [1.807, 2.05) is 43.1 Å². The third kappa shape index (κ3) is 10.3. The van der Waals surface area contributed by atoms with Gasteiger partial charge in [0.15, 0.2) is 0 Å². The average Bonchev–Trinajstić information content (AvgIpc) is 1.46. The molecule has 6 nitrogen and oxygen atoms in total. The lowest BCUT2D eigenvalue weighted by molar-refractivity contribution is 1.18. The summed E-state index contributed by atoms with van der Waals surface area (Å²) < 4.78 is 4.76. The normalized spacial score (nSPS) is 11.7. The van der Waals surface area contributed by atoms with Crippen molar-refractivity contribution in [1.82, 2.24) is 29.1 Å². The lowest BCUT2D eigenvalue weighted by Crippen LogP contribution is -1.94. The van der Waals surface area contributed by atoms with Gasteiger partial charge in [-0.1, -0.05) is 231 Å². The van der Waals surface area contributed by atoms with E-state index in [9.17, 15) is 0 Å². The first kappa shape index (κ1) is 62.8. The van der Waals surface area contributed by atoms with Crippen LogP contribution in [0.3, 0.4) is 0 Å². The van der Waals surface area contributed by atoms with Crippen LogP contribution in [0.2, 0.25) is 0 Å². The van der Waals surface area contributed by atoms with Gasteiger partial charge in [-0.15, -0.1) is 22.7 Å². The first-order chi connectivity index (χ1) is 53.6. The molecule has 0 unspecified atom stereocenters. The van der Waals surface area contributed by atoms with E-state index in [-0.39, 0.29) is 0 Å². The number of thiophene rings is 2. The monoisotopic (exact) mass is 1410 g/mol. The van der Waals surface area contributed by atoms with Crippen molar-refractivity contribution >= 4 is 164 Å². The molecule has 108 heavy (non-hydrogen) atoms. The lowest BCUT2D eigenvalue weighted by atomic mass is 9.86. The molecule has 0 amide bonds. The summed E-state index contributed by atoms with van der Waals surface area (Å²) in [5.74, 6) is 0. The highest BCUT2D eigenvalue weighted by atomic mass is 32.1. The van der Waals surface area contributed by atoms with Gasteiger partial charge >= 0.3 is 0 Å². The van der Waals surface area contributed by atoms with Crippen LogP contribution in [0.25, 0.3) is 207 Å². The summed E-state index contributed by atoms with van der Waals surface area (Å²) in [5.41, 5.74) is 20.0. The molecule has 0 N–H and O–H groups in total. The maximum atomic E-state index is 5.04. The van der Waals surface area contributed by atoms with Gasteiger partial charge in [0.05, 0.1) is 38.6 Å². The van der Waals surface area contributed by atoms with E-state index in [1.165, 1.54) is 179 Å². The van der Waals surface area contributed by atoms with E-state index in [1.54, 1.807) is 22.7 Å². The first-order valence-corrected chi connectivity index (χ1v) is 38.2. The van der Waals surface area contributed by atoms with Crippen LogP contribution in [-0.2, 0) is 0 Å². The molecule has 15 aromatic carbocycles. The summed E-state index contributed by atoms with van der Waals surface area (Å²) >= 11 is 3.56. The quantitative estimate of drug-likeness (QED) is 0.149. The van der Waals surface area contributed by atoms with Crippen LogP contribution in [0.5, 0.6) is 0 Å². The number of rotatable bonds is 7. The minimum absolute atomic E-state index is 1.05. The number of hydrogen-bond donors (Lipinski definition) is 0. The molecule has 23 rings (SSSR count). The summed E-state index contributed by atoms with van der Waals surface area (Å²) in [6, 6.07) is 120. The summed E-state index contributed by atoms with van der Waals surface area (Å²) in [6.07, 6.45) is 9.45. The molecule has 0 aliphatic carbocycles. The van der Waals surface area contributed by atoms with Gasteiger partial charge in [0.25, 0.3) is 0 Å². The summed E-state index contributed by atoms with van der Waals surface area (Å²) in [7, 11) is 0. The lowest BCUT2D eigenvalue weighted by Gasteiger charge is -2.18. The van der Waals surface area contributed by atoms with E-state index in [0.29, 0.717) is 0 Å².